The van der Waals surface area contributed by atoms with Crippen molar-refractivity contribution in [3.63, 3.8) is 0 Å². The molecule has 0 spiro atoms. The van der Waals surface area contributed by atoms with Crippen LogP contribution in [0.1, 0.15) is 17.5 Å². The Morgan fingerprint density at radius 2 is 1.87 bits per heavy atom. The number of hydrogen-bond acceptors (Lipinski definition) is 5. The maximum atomic E-state index is 7.86. The van der Waals surface area contributed by atoms with Gasteiger partial charge in [-0.2, -0.15) is 0 Å². The van der Waals surface area contributed by atoms with E-state index in [1.165, 1.54) is 0 Å². The first-order chi connectivity index (χ1) is 11.0. The molecule has 118 valence electrons. The lowest BCUT2D eigenvalue weighted by molar-refractivity contribution is 0.842. The fraction of sp³-hybridized carbons (Fsp3) is 0.294. The van der Waals surface area contributed by atoms with Gasteiger partial charge in [0.25, 0.3) is 0 Å². The molecular weight excluding hydrogens is 310 g/mol. The highest BCUT2D eigenvalue weighted by Crippen LogP contribution is 2.31. The molecule has 2 N–H and O–H groups in total. The predicted molar refractivity (Wildman–Crippen MR) is 94.2 cm³/mol. The summed E-state index contributed by atoms with van der Waals surface area (Å²) in [4.78, 5) is 10.9. The van der Waals surface area contributed by atoms with Gasteiger partial charge in [0.15, 0.2) is 0 Å². The van der Waals surface area contributed by atoms with E-state index >= 15 is 0 Å². The number of aryl methyl sites for hydroxylation is 2. The van der Waals surface area contributed by atoms with Gasteiger partial charge in [0.2, 0.25) is 0 Å². The number of aromatic nitrogens is 2. The third-order valence-corrected chi connectivity index (χ3v) is 4.28. The third-order valence-electron chi connectivity index (χ3n) is 3.98. The quantitative estimate of drug-likeness (QED) is 0.883. The van der Waals surface area contributed by atoms with E-state index in [0.717, 1.165) is 28.2 Å². The molecule has 0 radical (unpaired) electrons. The van der Waals surface area contributed by atoms with Crippen LogP contribution in [0, 0.1) is 24.7 Å². The van der Waals surface area contributed by atoms with Gasteiger partial charge in [0, 0.05) is 30.9 Å². The van der Waals surface area contributed by atoms with Crippen molar-refractivity contribution in [2.45, 2.75) is 20.3 Å². The third kappa shape index (κ3) is 3.10. The molecule has 2 aromatic rings. The number of anilines is 1. The summed E-state index contributed by atoms with van der Waals surface area (Å²) < 4.78 is 0. The number of nitrogens with zero attached hydrogens (tertiary/aromatic N) is 3. The maximum absolute atomic E-state index is 7.86. The van der Waals surface area contributed by atoms with E-state index in [1.54, 1.807) is 6.20 Å². The maximum Gasteiger partial charge on any atom is 0.129 e. The highest BCUT2D eigenvalue weighted by atomic mass is 35.5. The Morgan fingerprint density at radius 3 is 2.57 bits per heavy atom. The van der Waals surface area contributed by atoms with Crippen LogP contribution in [0.4, 0.5) is 5.82 Å². The van der Waals surface area contributed by atoms with Crippen LogP contribution in [0.25, 0.3) is 11.3 Å². The van der Waals surface area contributed by atoms with Crippen LogP contribution in [0.15, 0.2) is 24.5 Å². The molecule has 1 fully saturated rings. The Balaban J connectivity index is 1.99. The van der Waals surface area contributed by atoms with Crippen LogP contribution >= 0.6 is 11.6 Å². The minimum atomic E-state index is 0.346. The van der Waals surface area contributed by atoms with Gasteiger partial charge in [0.05, 0.1) is 28.7 Å². The first-order valence-electron chi connectivity index (χ1n) is 7.45. The fourth-order valence-corrected chi connectivity index (χ4v) is 2.93. The Kier molecular flexibility index (Phi) is 4.13. The zero-order valence-electron chi connectivity index (χ0n) is 13.2. The summed E-state index contributed by atoms with van der Waals surface area (Å²) in [6, 6.07) is 4.01. The van der Waals surface area contributed by atoms with Crippen molar-refractivity contribution in [3.8, 4) is 11.3 Å². The van der Waals surface area contributed by atoms with Crippen LogP contribution in [-0.4, -0.2) is 34.5 Å². The summed E-state index contributed by atoms with van der Waals surface area (Å²) in [5, 5.41) is 16.1. The molecule has 0 aromatic carbocycles. The van der Waals surface area contributed by atoms with Gasteiger partial charge in [0.1, 0.15) is 5.82 Å². The largest absolute Gasteiger partial charge is 0.350 e. The van der Waals surface area contributed by atoms with Crippen molar-refractivity contribution in [3.05, 3.63) is 40.7 Å². The van der Waals surface area contributed by atoms with Crippen LogP contribution in [0.5, 0.6) is 0 Å². The number of nitrogens with one attached hydrogen (secondary N) is 2. The molecule has 0 saturated carbocycles. The van der Waals surface area contributed by atoms with E-state index in [2.05, 4.69) is 16.0 Å². The highest BCUT2D eigenvalue weighted by molar-refractivity contribution is 6.42. The van der Waals surface area contributed by atoms with E-state index in [-0.39, 0.29) is 0 Å². The van der Waals surface area contributed by atoms with Crippen LogP contribution in [0.2, 0.25) is 5.02 Å². The molecule has 1 aliphatic heterocycles. The monoisotopic (exact) mass is 327 g/mol. The topological polar surface area (TPSA) is 76.7 Å². The molecular formula is C17H18ClN5. The second-order valence-corrected chi connectivity index (χ2v) is 6.24. The number of halogens is 1. The second kappa shape index (κ2) is 6.08. The van der Waals surface area contributed by atoms with E-state index in [4.69, 9.17) is 22.4 Å². The molecule has 1 saturated heterocycles. The van der Waals surface area contributed by atoms with Crippen molar-refractivity contribution in [1.82, 2.24) is 9.97 Å². The summed E-state index contributed by atoms with van der Waals surface area (Å²) in [6.45, 7) is 5.13. The minimum Gasteiger partial charge on any atom is -0.350 e. The Morgan fingerprint density at radius 1 is 1.09 bits per heavy atom. The van der Waals surface area contributed by atoms with Gasteiger partial charge in [-0.1, -0.05) is 17.7 Å². The molecule has 23 heavy (non-hydrogen) atoms. The molecule has 0 unspecified atom stereocenters. The molecule has 6 heteroatoms. The average Bonchev–Trinajstić information content (AvgIpc) is 2.51. The van der Waals surface area contributed by atoms with Gasteiger partial charge in [-0.3, -0.25) is 4.98 Å². The fourth-order valence-electron chi connectivity index (χ4n) is 2.74. The first-order valence-corrected chi connectivity index (χ1v) is 7.83. The smallest absolute Gasteiger partial charge is 0.129 e. The average molecular weight is 328 g/mol. The lowest BCUT2D eigenvalue weighted by Crippen LogP contribution is -2.41. The van der Waals surface area contributed by atoms with Crippen LogP contribution in [0.3, 0.4) is 0 Å². The number of piperidine rings is 1. The molecule has 0 atom stereocenters. The van der Waals surface area contributed by atoms with Gasteiger partial charge in [-0.15, -0.1) is 0 Å². The summed E-state index contributed by atoms with van der Waals surface area (Å²) >= 11 is 6.34. The molecule has 0 bridgehead atoms. The second-order valence-electron chi connectivity index (χ2n) is 5.83. The molecule has 0 aliphatic carbocycles. The molecule has 5 nitrogen and oxygen atoms in total. The summed E-state index contributed by atoms with van der Waals surface area (Å²) in [6.07, 6.45) is 4.04. The molecule has 3 heterocycles. The molecule has 1 aliphatic rings. The summed E-state index contributed by atoms with van der Waals surface area (Å²) in [7, 11) is 0. The zero-order chi connectivity index (χ0) is 16.6. The number of hydrogen-bond donors (Lipinski definition) is 2. The predicted octanol–water partition coefficient (Wildman–Crippen LogP) is 3.66. The molecule has 0 amide bonds. The minimum absolute atomic E-state index is 0.346. The SMILES string of the molecule is Cc1cnc(-c2cc(N3CCC(=N)C(=N)C3)ncc2Cl)c(C)c1. The van der Waals surface area contributed by atoms with E-state index in [9.17, 15) is 0 Å². The van der Waals surface area contributed by atoms with Crippen molar-refractivity contribution in [2.24, 2.45) is 0 Å². The molecule has 3 rings (SSSR count). The van der Waals surface area contributed by atoms with Crippen molar-refractivity contribution in [2.75, 3.05) is 18.0 Å². The molecule has 2 aromatic heterocycles. The van der Waals surface area contributed by atoms with E-state index in [0.29, 0.717) is 36.0 Å². The first kappa shape index (κ1) is 15.6. The van der Waals surface area contributed by atoms with Crippen LogP contribution < -0.4 is 4.90 Å². The zero-order valence-corrected chi connectivity index (χ0v) is 13.9. The number of rotatable bonds is 2. The normalized spacial score (nSPS) is 15.2. The van der Waals surface area contributed by atoms with Crippen LogP contribution in [-0.2, 0) is 0 Å². The Bertz CT molecular complexity index is 800. The lowest BCUT2D eigenvalue weighted by atomic mass is 10.0. The summed E-state index contributed by atoms with van der Waals surface area (Å²) in [5.41, 5.74) is 4.63. The van der Waals surface area contributed by atoms with Crippen molar-refractivity contribution >= 4 is 28.8 Å². The van der Waals surface area contributed by atoms with Gasteiger partial charge < -0.3 is 15.7 Å². The van der Waals surface area contributed by atoms with Crippen molar-refractivity contribution in [1.29, 1.82) is 10.8 Å². The summed E-state index contributed by atoms with van der Waals surface area (Å²) in [5.74, 6) is 0.767. The lowest BCUT2D eigenvalue weighted by Gasteiger charge is -2.29. The Labute approximate surface area is 140 Å². The highest BCUT2D eigenvalue weighted by Gasteiger charge is 2.21. The van der Waals surface area contributed by atoms with Gasteiger partial charge in [-0.25, -0.2) is 4.98 Å². The van der Waals surface area contributed by atoms with Gasteiger partial charge in [-0.05, 0) is 31.0 Å². The standard InChI is InChI=1S/C17H18ClN5/c1-10-5-11(2)17(22-7-10)12-6-16(21-8-13(12)18)23-4-3-14(19)15(20)9-23/h5-8,19-20H,3-4,9H2,1-2H3. The van der Waals surface area contributed by atoms with E-state index in [1.807, 2.05) is 31.0 Å². The van der Waals surface area contributed by atoms with Gasteiger partial charge >= 0.3 is 0 Å². The van der Waals surface area contributed by atoms with Crippen molar-refractivity contribution < 1.29 is 0 Å². The van der Waals surface area contributed by atoms with E-state index < -0.39 is 0 Å². The Hall–Kier alpha value is -2.27. The number of pyridine rings is 2.